The molecule has 0 amide bonds. The Morgan fingerprint density at radius 1 is 1.21 bits per heavy atom. The number of hydrogen-bond acceptors (Lipinski definition) is 3. The zero-order valence-corrected chi connectivity index (χ0v) is 11.3. The van der Waals surface area contributed by atoms with Gasteiger partial charge in [-0.3, -0.25) is 0 Å². The van der Waals surface area contributed by atoms with Crippen molar-refractivity contribution in [2.45, 2.75) is 33.2 Å². The fourth-order valence-corrected chi connectivity index (χ4v) is 2.67. The molecule has 0 aliphatic heterocycles. The van der Waals surface area contributed by atoms with E-state index in [1.54, 1.807) is 0 Å². The Labute approximate surface area is 112 Å². The van der Waals surface area contributed by atoms with Gasteiger partial charge in [0, 0.05) is 17.3 Å². The first-order valence-electron chi connectivity index (χ1n) is 6.73. The molecule has 2 aromatic heterocycles. The van der Waals surface area contributed by atoms with Gasteiger partial charge in [-0.25, -0.2) is 4.98 Å². The van der Waals surface area contributed by atoms with E-state index in [2.05, 4.69) is 45.7 Å². The molecule has 2 N–H and O–H groups in total. The van der Waals surface area contributed by atoms with E-state index in [-0.39, 0.29) is 0 Å². The van der Waals surface area contributed by atoms with E-state index in [1.165, 1.54) is 10.9 Å². The van der Waals surface area contributed by atoms with Gasteiger partial charge < -0.3 is 10.3 Å². The van der Waals surface area contributed by atoms with Crippen molar-refractivity contribution in [3.05, 3.63) is 30.0 Å². The van der Waals surface area contributed by atoms with Crippen molar-refractivity contribution in [2.75, 3.05) is 5.73 Å². The van der Waals surface area contributed by atoms with E-state index in [0.29, 0.717) is 5.95 Å². The summed E-state index contributed by atoms with van der Waals surface area (Å²) in [6.07, 6.45) is 2.30. The summed E-state index contributed by atoms with van der Waals surface area (Å²) in [5.74, 6) is 0.352. The van der Waals surface area contributed by atoms with E-state index < -0.39 is 0 Å². The Kier molecular flexibility index (Phi) is 2.85. The fraction of sp³-hybridized carbons (Fsp3) is 0.333. The molecule has 3 rings (SSSR count). The number of para-hydroxylation sites is 1. The van der Waals surface area contributed by atoms with Crippen LogP contribution in [0.5, 0.6) is 0 Å². The van der Waals surface area contributed by atoms with Gasteiger partial charge in [0.15, 0.2) is 0 Å². The lowest BCUT2D eigenvalue weighted by Crippen LogP contribution is -2.02. The fourth-order valence-electron chi connectivity index (χ4n) is 2.67. The highest BCUT2D eigenvalue weighted by Crippen LogP contribution is 2.30. The highest BCUT2D eigenvalue weighted by molar-refractivity contribution is 6.08. The smallest absolute Gasteiger partial charge is 0.222 e. The molecule has 4 heteroatoms. The standard InChI is InChI=1S/C15H18N4/c1-3-4-9-19-12-8-6-5-7-11(12)13-10(2)17-15(16)18-14(13)19/h5-8H,3-4,9H2,1-2H3,(H2,16,17,18). The lowest BCUT2D eigenvalue weighted by atomic mass is 10.2. The zero-order valence-electron chi connectivity index (χ0n) is 11.3. The Bertz CT molecular complexity index is 743. The van der Waals surface area contributed by atoms with Crippen molar-refractivity contribution in [3.8, 4) is 0 Å². The molecule has 98 valence electrons. The third-order valence-corrected chi connectivity index (χ3v) is 3.54. The largest absolute Gasteiger partial charge is 0.368 e. The predicted molar refractivity (Wildman–Crippen MR) is 79.1 cm³/mol. The Morgan fingerprint density at radius 2 is 2.00 bits per heavy atom. The van der Waals surface area contributed by atoms with Crippen molar-refractivity contribution in [3.63, 3.8) is 0 Å². The number of anilines is 1. The number of aryl methyl sites for hydroxylation is 2. The van der Waals surface area contributed by atoms with Gasteiger partial charge in [-0.2, -0.15) is 4.98 Å². The van der Waals surface area contributed by atoms with Crippen molar-refractivity contribution in [1.82, 2.24) is 14.5 Å². The van der Waals surface area contributed by atoms with Gasteiger partial charge in [0.1, 0.15) is 5.65 Å². The van der Waals surface area contributed by atoms with Gasteiger partial charge in [-0.15, -0.1) is 0 Å². The summed E-state index contributed by atoms with van der Waals surface area (Å²) in [6.45, 7) is 5.16. The normalized spacial score (nSPS) is 11.5. The number of hydrogen-bond donors (Lipinski definition) is 1. The highest BCUT2D eigenvalue weighted by atomic mass is 15.1. The molecule has 0 atom stereocenters. The van der Waals surface area contributed by atoms with Crippen LogP contribution in [0.1, 0.15) is 25.5 Å². The van der Waals surface area contributed by atoms with Crippen molar-refractivity contribution < 1.29 is 0 Å². The predicted octanol–water partition coefficient (Wildman–Crippen LogP) is 3.28. The van der Waals surface area contributed by atoms with Crippen LogP contribution in [0.3, 0.4) is 0 Å². The van der Waals surface area contributed by atoms with Crippen LogP contribution in [0.4, 0.5) is 5.95 Å². The average Bonchev–Trinajstić information content (AvgIpc) is 2.70. The second-order valence-electron chi connectivity index (χ2n) is 4.89. The van der Waals surface area contributed by atoms with Gasteiger partial charge in [0.05, 0.1) is 11.2 Å². The molecule has 0 radical (unpaired) electrons. The monoisotopic (exact) mass is 254 g/mol. The third-order valence-electron chi connectivity index (χ3n) is 3.54. The molecular formula is C15H18N4. The summed E-state index contributed by atoms with van der Waals surface area (Å²) >= 11 is 0. The highest BCUT2D eigenvalue weighted by Gasteiger charge is 2.14. The minimum atomic E-state index is 0.352. The van der Waals surface area contributed by atoms with Gasteiger partial charge >= 0.3 is 0 Å². The molecule has 2 heterocycles. The quantitative estimate of drug-likeness (QED) is 0.780. The van der Waals surface area contributed by atoms with Crippen LogP contribution in [0.25, 0.3) is 21.9 Å². The van der Waals surface area contributed by atoms with Crippen LogP contribution in [-0.4, -0.2) is 14.5 Å². The second-order valence-corrected chi connectivity index (χ2v) is 4.89. The average molecular weight is 254 g/mol. The van der Waals surface area contributed by atoms with E-state index in [4.69, 9.17) is 5.73 Å². The summed E-state index contributed by atoms with van der Waals surface area (Å²) < 4.78 is 2.26. The first kappa shape index (κ1) is 12.0. The second kappa shape index (κ2) is 4.53. The first-order chi connectivity index (χ1) is 9.22. The Balaban J connectivity index is 2.41. The molecule has 0 spiro atoms. The number of nitrogen functional groups attached to an aromatic ring is 1. The van der Waals surface area contributed by atoms with Crippen LogP contribution >= 0.6 is 0 Å². The minimum absolute atomic E-state index is 0.352. The molecule has 0 bridgehead atoms. The zero-order chi connectivity index (χ0) is 13.4. The van der Waals surface area contributed by atoms with Crippen LogP contribution < -0.4 is 5.73 Å². The van der Waals surface area contributed by atoms with Gasteiger partial charge in [-0.05, 0) is 19.4 Å². The molecule has 0 fully saturated rings. The van der Waals surface area contributed by atoms with Crippen LogP contribution in [-0.2, 0) is 6.54 Å². The maximum atomic E-state index is 5.81. The van der Waals surface area contributed by atoms with Crippen molar-refractivity contribution >= 4 is 27.9 Å². The lowest BCUT2D eigenvalue weighted by molar-refractivity contribution is 0.660. The van der Waals surface area contributed by atoms with E-state index in [1.807, 2.05) is 6.92 Å². The molecule has 3 aromatic rings. The van der Waals surface area contributed by atoms with Crippen molar-refractivity contribution in [1.29, 1.82) is 0 Å². The third kappa shape index (κ3) is 1.84. The number of aromatic nitrogens is 3. The van der Waals surface area contributed by atoms with E-state index >= 15 is 0 Å². The Morgan fingerprint density at radius 3 is 2.79 bits per heavy atom. The van der Waals surface area contributed by atoms with E-state index in [0.717, 1.165) is 36.1 Å². The van der Waals surface area contributed by atoms with Gasteiger partial charge in [0.25, 0.3) is 0 Å². The first-order valence-corrected chi connectivity index (χ1v) is 6.73. The molecule has 19 heavy (non-hydrogen) atoms. The van der Waals surface area contributed by atoms with Gasteiger partial charge in [0.2, 0.25) is 5.95 Å². The maximum Gasteiger partial charge on any atom is 0.222 e. The summed E-state index contributed by atoms with van der Waals surface area (Å²) in [5.41, 5.74) is 8.94. The number of unbranched alkanes of at least 4 members (excludes halogenated alkanes) is 1. The van der Waals surface area contributed by atoms with E-state index in [9.17, 15) is 0 Å². The Hall–Kier alpha value is -2.10. The van der Waals surface area contributed by atoms with Crippen molar-refractivity contribution in [2.24, 2.45) is 0 Å². The SMILES string of the molecule is CCCCn1c2ccccc2c2c(C)nc(N)nc21. The number of benzene rings is 1. The van der Waals surface area contributed by atoms with Gasteiger partial charge in [-0.1, -0.05) is 31.5 Å². The maximum absolute atomic E-state index is 5.81. The molecule has 1 aromatic carbocycles. The summed E-state index contributed by atoms with van der Waals surface area (Å²) in [6, 6.07) is 8.40. The number of fused-ring (bicyclic) bond motifs is 3. The minimum Gasteiger partial charge on any atom is -0.368 e. The molecule has 0 saturated carbocycles. The van der Waals surface area contributed by atoms with Crippen LogP contribution in [0, 0.1) is 6.92 Å². The molecule has 0 unspecified atom stereocenters. The number of rotatable bonds is 3. The molecule has 4 nitrogen and oxygen atoms in total. The lowest BCUT2D eigenvalue weighted by Gasteiger charge is -2.05. The molecule has 0 saturated heterocycles. The number of nitrogens with zero attached hydrogens (tertiary/aromatic N) is 3. The molecule has 0 aliphatic rings. The topological polar surface area (TPSA) is 56.7 Å². The summed E-state index contributed by atoms with van der Waals surface area (Å²) in [5, 5.41) is 2.34. The summed E-state index contributed by atoms with van der Waals surface area (Å²) in [7, 11) is 0. The van der Waals surface area contributed by atoms with Crippen LogP contribution in [0.2, 0.25) is 0 Å². The molecular weight excluding hydrogens is 236 g/mol. The molecule has 0 aliphatic carbocycles. The van der Waals surface area contributed by atoms with Crippen LogP contribution in [0.15, 0.2) is 24.3 Å². The number of nitrogens with two attached hydrogens (primary N) is 1. The summed E-state index contributed by atoms with van der Waals surface area (Å²) in [4.78, 5) is 8.76.